The molecule has 4 N–H and O–H groups in total. The molecular weight excluding hydrogens is 282 g/mol. The molecule has 1 amide bonds. The highest BCUT2D eigenvalue weighted by atomic mass is 16.3. The number of amides is 1. The van der Waals surface area contributed by atoms with Crippen LogP contribution in [-0.4, -0.2) is 34.1 Å². The fourth-order valence-corrected chi connectivity index (χ4v) is 1.78. The summed E-state index contributed by atoms with van der Waals surface area (Å²) in [4.78, 5) is 20.2. The van der Waals surface area contributed by atoms with Crippen LogP contribution in [0.5, 0.6) is 0 Å². The third-order valence-electron chi connectivity index (χ3n) is 2.95. The van der Waals surface area contributed by atoms with Crippen molar-refractivity contribution in [1.29, 1.82) is 5.26 Å². The topological polar surface area (TPSA) is 125 Å². The van der Waals surface area contributed by atoms with Crippen LogP contribution >= 0.6 is 0 Å². The highest BCUT2D eigenvalue weighted by Crippen LogP contribution is 2.19. The summed E-state index contributed by atoms with van der Waals surface area (Å²) in [7, 11) is 0. The Kier molecular flexibility index (Phi) is 5.01. The molecule has 7 heteroatoms. The predicted octanol–water partition coefficient (Wildman–Crippen LogP) is 0.710. The van der Waals surface area contributed by atoms with Gasteiger partial charge < -0.3 is 16.2 Å². The van der Waals surface area contributed by atoms with Gasteiger partial charge in [-0.1, -0.05) is 12.1 Å². The molecule has 0 radical (unpaired) electrons. The second-order valence-corrected chi connectivity index (χ2v) is 4.51. The Hall–Kier alpha value is -2.98. The SMILES string of the molecule is N#Cc1ccc(-c2cnc(N)c(C(=O)NCCCO)n2)cc1. The molecule has 0 atom stereocenters. The monoisotopic (exact) mass is 297 g/mol. The number of nitrogens with zero attached hydrogens (tertiary/aromatic N) is 3. The van der Waals surface area contributed by atoms with Crippen LogP contribution in [0.2, 0.25) is 0 Å². The Morgan fingerprint density at radius 2 is 2.09 bits per heavy atom. The summed E-state index contributed by atoms with van der Waals surface area (Å²) < 4.78 is 0. The van der Waals surface area contributed by atoms with Gasteiger partial charge >= 0.3 is 0 Å². The minimum absolute atomic E-state index is 0.00722. The smallest absolute Gasteiger partial charge is 0.273 e. The van der Waals surface area contributed by atoms with E-state index >= 15 is 0 Å². The summed E-state index contributed by atoms with van der Waals surface area (Å²) >= 11 is 0. The lowest BCUT2D eigenvalue weighted by Crippen LogP contribution is -2.27. The number of hydrogen-bond donors (Lipinski definition) is 3. The van der Waals surface area contributed by atoms with Crippen molar-refractivity contribution in [3.63, 3.8) is 0 Å². The zero-order valence-electron chi connectivity index (χ0n) is 11.8. The number of benzene rings is 1. The molecule has 1 heterocycles. The molecule has 0 aliphatic carbocycles. The van der Waals surface area contributed by atoms with Crippen LogP contribution in [0.25, 0.3) is 11.3 Å². The molecule has 1 aromatic carbocycles. The zero-order chi connectivity index (χ0) is 15.9. The minimum atomic E-state index is -0.436. The van der Waals surface area contributed by atoms with E-state index in [1.165, 1.54) is 6.20 Å². The van der Waals surface area contributed by atoms with E-state index in [1.54, 1.807) is 24.3 Å². The lowest BCUT2D eigenvalue weighted by atomic mass is 10.1. The highest BCUT2D eigenvalue weighted by molar-refractivity contribution is 5.96. The Morgan fingerprint density at radius 1 is 1.36 bits per heavy atom. The quantitative estimate of drug-likeness (QED) is 0.698. The van der Waals surface area contributed by atoms with Crippen molar-refractivity contribution in [3.8, 4) is 17.3 Å². The molecular formula is C15H15N5O2. The number of aliphatic hydroxyl groups excluding tert-OH is 1. The van der Waals surface area contributed by atoms with Gasteiger partial charge in [-0.3, -0.25) is 4.79 Å². The van der Waals surface area contributed by atoms with Crippen molar-refractivity contribution in [2.45, 2.75) is 6.42 Å². The Morgan fingerprint density at radius 3 is 2.73 bits per heavy atom. The van der Waals surface area contributed by atoms with Crippen LogP contribution in [-0.2, 0) is 0 Å². The first-order valence-electron chi connectivity index (χ1n) is 6.68. The van der Waals surface area contributed by atoms with E-state index in [0.29, 0.717) is 24.2 Å². The molecule has 112 valence electrons. The number of nitrogens with two attached hydrogens (primary N) is 1. The summed E-state index contributed by atoms with van der Waals surface area (Å²) in [6, 6.07) is 8.81. The molecule has 0 saturated heterocycles. The standard InChI is InChI=1S/C15H15N5O2/c16-8-10-2-4-11(5-3-10)12-9-19-14(17)13(20-12)15(22)18-6-1-7-21/h2-5,9,21H,1,6-7H2,(H2,17,19)(H,18,22). The molecule has 0 fully saturated rings. The molecule has 22 heavy (non-hydrogen) atoms. The van der Waals surface area contributed by atoms with E-state index in [9.17, 15) is 4.79 Å². The van der Waals surface area contributed by atoms with E-state index < -0.39 is 5.91 Å². The molecule has 7 nitrogen and oxygen atoms in total. The van der Waals surface area contributed by atoms with Gasteiger partial charge in [0.1, 0.15) is 0 Å². The van der Waals surface area contributed by atoms with Gasteiger partial charge in [-0.25, -0.2) is 9.97 Å². The first kappa shape index (κ1) is 15.4. The van der Waals surface area contributed by atoms with Crippen molar-refractivity contribution in [3.05, 3.63) is 41.7 Å². The Bertz CT molecular complexity index is 707. The average molecular weight is 297 g/mol. The average Bonchev–Trinajstić information content (AvgIpc) is 2.55. The molecule has 0 bridgehead atoms. The Balaban J connectivity index is 2.25. The second-order valence-electron chi connectivity index (χ2n) is 4.51. The summed E-state index contributed by atoms with van der Waals surface area (Å²) in [6.45, 7) is 0.324. The predicted molar refractivity (Wildman–Crippen MR) is 80.6 cm³/mol. The van der Waals surface area contributed by atoms with Gasteiger partial charge in [0, 0.05) is 18.7 Å². The first-order chi connectivity index (χ1) is 10.7. The number of nitrogens with one attached hydrogen (secondary N) is 1. The van der Waals surface area contributed by atoms with E-state index in [-0.39, 0.29) is 18.1 Å². The van der Waals surface area contributed by atoms with Crippen molar-refractivity contribution in [2.75, 3.05) is 18.9 Å². The van der Waals surface area contributed by atoms with Gasteiger partial charge in [-0.15, -0.1) is 0 Å². The lowest BCUT2D eigenvalue weighted by Gasteiger charge is -2.08. The van der Waals surface area contributed by atoms with Crippen molar-refractivity contribution >= 4 is 11.7 Å². The summed E-state index contributed by atoms with van der Waals surface area (Å²) in [5.41, 5.74) is 7.49. The van der Waals surface area contributed by atoms with Gasteiger partial charge in [-0.2, -0.15) is 5.26 Å². The molecule has 0 aliphatic rings. The zero-order valence-corrected chi connectivity index (χ0v) is 11.8. The molecule has 1 aromatic heterocycles. The number of anilines is 1. The third kappa shape index (κ3) is 3.56. The fraction of sp³-hybridized carbons (Fsp3) is 0.200. The van der Waals surface area contributed by atoms with Gasteiger partial charge in [-0.05, 0) is 18.6 Å². The molecule has 0 spiro atoms. The van der Waals surface area contributed by atoms with Gasteiger partial charge in [0.15, 0.2) is 11.5 Å². The third-order valence-corrected chi connectivity index (χ3v) is 2.95. The van der Waals surface area contributed by atoms with E-state index in [4.69, 9.17) is 16.1 Å². The maximum atomic E-state index is 12.0. The highest BCUT2D eigenvalue weighted by Gasteiger charge is 2.14. The molecule has 0 aliphatic heterocycles. The normalized spacial score (nSPS) is 10.0. The van der Waals surface area contributed by atoms with Crippen LogP contribution in [0.3, 0.4) is 0 Å². The van der Waals surface area contributed by atoms with Crippen LogP contribution in [0, 0.1) is 11.3 Å². The number of aliphatic hydroxyl groups is 1. The molecule has 2 rings (SSSR count). The lowest BCUT2D eigenvalue weighted by molar-refractivity contribution is 0.0947. The van der Waals surface area contributed by atoms with Crippen molar-refractivity contribution in [2.24, 2.45) is 0 Å². The molecule has 0 saturated carbocycles. The summed E-state index contributed by atoms with van der Waals surface area (Å²) in [5, 5.41) is 20.1. The van der Waals surface area contributed by atoms with Crippen LogP contribution in [0.4, 0.5) is 5.82 Å². The number of aromatic nitrogens is 2. The van der Waals surface area contributed by atoms with Crippen molar-refractivity contribution < 1.29 is 9.90 Å². The largest absolute Gasteiger partial charge is 0.396 e. The molecule has 0 unspecified atom stereocenters. The number of carbonyl (C=O) groups is 1. The summed E-state index contributed by atoms with van der Waals surface area (Å²) in [6.07, 6.45) is 1.93. The maximum Gasteiger partial charge on any atom is 0.273 e. The van der Waals surface area contributed by atoms with E-state index in [2.05, 4.69) is 15.3 Å². The number of carbonyl (C=O) groups excluding carboxylic acids is 1. The van der Waals surface area contributed by atoms with Crippen LogP contribution in [0.15, 0.2) is 30.5 Å². The van der Waals surface area contributed by atoms with Gasteiger partial charge in [0.25, 0.3) is 5.91 Å². The number of hydrogen-bond acceptors (Lipinski definition) is 6. The summed E-state index contributed by atoms with van der Waals surface area (Å²) in [5.74, 6) is -0.396. The van der Waals surface area contributed by atoms with E-state index in [1.807, 2.05) is 6.07 Å². The fourth-order valence-electron chi connectivity index (χ4n) is 1.78. The number of nitriles is 1. The minimum Gasteiger partial charge on any atom is -0.396 e. The van der Waals surface area contributed by atoms with Gasteiger partial charge in [0.05, 0.1) is 23.5 Å². The van der Waals surface area contributed by atoms with Crippen LogP contribution < -0.4 is 11.1 Å². The maximum absolute atomic E-state index is 12.0. The van der Waals surface area contributed by atoms with E-state index in [0.717, 1.165) is 5.56 Å². The van der Waals surface area contributed by atoms with Gasteiger partial charge in [0.2, 0.25) is 0 Å². The molecule has 2 aromatic rings. The Labute approximate surface area is 127 Å². The number of nitrogen functional groups attached to an aromatic ring is 1. The number of rotatable bonds is 5. The van der Waals surface area contributed by atoms with Crippen molar-refractivity contribution in [1.82, 2.24) is 15.3 Å². The van der Waals surface area contributed by atoms with Crippen LogP contribution in [0.1, 0.15) is 22.5 Å². The second kappa shape index (κ2) is 7.15. The first-order valence-corrected chi connectivity index (χ1v) is 6.68.